The van der Waals surface area contributed by atoms with Crippen molar-refractivity contribution in [2.75, 3.05) is 6.54 Å². The highest BCUT2D eigenvalue weighted by atomic mass is 79.9. The molecular weight excluding hydrogens is 343 g/mol. The molecule has 0 radical (unpaired) electrons. The maximum Gasteiger partial charge on any atom is 0.287 e. The highest BCUT2D eigenvalue weighted by Crippen LogP contribution is 2.13. The molecule has 7 heteroatoms. The van der Waals surface area contributed by atoms with Gasteiger partial charge in [-0.25, -0.2) is 4.39 Å². The predicted molar refractivity (Wildman–Crippen MR) is 77.0 cm³/mol. The molecule has 0 aliphatic rings. The lowest BCUT2D eigenvalue weighted by Crippen LogP contribution is -2.36. The molecule has 1 aromatic carbocycles. The van der Waals surface area contributed by atoms with Gasteiger partial charge in [-0.15, -0.1) is 0 Å². The fourth-order valence-corrected chi connectivity index (χ4v) is 1.90. The van der Waals surface area contributed by atoms with Crippen molar-refractivity contribution >= 4 is 27.7 Å². The van der Waals surface area contributed by atoms with Crippen molar-refractivity contribution in [2.45, 2.75) is 6.54 Å². The molecule has 0 saturated heterocycles. The first kappa shape index (κ1) is 15.2. The number of carbonyl (C=O) groups is 2. The van der Waals surface area contributed by atoms with Gasteiger partial charge in [-0.2, -0.15) is 0 Å². The third-order valence-electron chi connectivity index (χ3n) is 2.59. The number of rotatable bonds is 5. The van der Waals surface area contributed by atoms with Crippen LogP contribution in [0.1, 0.15) is 16.1 Å². The molecule has 0 atom stereocenters. The van der Waals surface area contributed by atoms with Gasteiger partial charge in [-0.3, -0.25) is 9.59 Å². The molecule has 1 heterocycles. The van der Waals surface area contributed by atoms with Gasteiger partial charge >= 0.3 is 0 Å². The molecule has 0 bridgehead atoms. The second-order valence-corrected chi connectivity index (χ2v) is 4.97. The fourth-order valence-electron chi connectivity index (χ4n) is 1.59. The van der Waals surface area contributed by atoms with Crippen LogP contribution >= 0.6 is 15.9 Å². The van der Waals surface area contributed by atoms with Gasteiger partial charge in [0, 0.05) is 6.54 Å². The van der Waals surface area contributed by atoms with E-state index in [0.717, 1.165) is 0 Å². The SMILES string of the molecule is O=C(CNC(=O)c1ccc(Br)o1)NCc1cccc(F)c1. The van der Waals surface area contributed by atoms with Crippen LogP contribution in [-0.2, 0) is 11.3 Å². The number of carbonyl (C=O) groups excluding carboxylic acids is 2. The zero-order chi connectivity index (χ0) is 15.2. The molecule has 21 heavy (non-hydrogen) atoms. The Bertz CT molecular complexity index is 657. The number of nitrogens with one attached hydrogen (secondary N) is 2. The van der Waals surface area contributed by atoms with Gasteiger partial charge < -0.3 is 15.1 Å². The second-order valence-electron chi connectivity index (χ2n) is 4.19. The lowest BCUT2D eigenvalue weighted by Gasteiger charge is -2.06. The normalized spacial score (nSPS) is 10.2. The maximum absolute atomic E-state index is 13.0. The van der Waals surface area contributed by atoms with E-state index < -0.39 is 5.91 Å². The van der Waals surface area contributed by atoms with Crippen LogP contribution in [0.4, 0.5) is 4.39 Å². The second kappa shape index (κ2) is 7.03. The zero-order valence-electron chi connectivity index (χ0n) is 10.9. The molecule has 0 aliphatic carbocycles. The number of furan rings is 1. The van der Waals surface area contributed by atoms with E-state index in [9.17, 15) is 14.0 Å². The van der Waals surface area contributed by atoms with E-state index in [2.05, 4.69) is 26.6 Å². The third kappa shape index (κ3) is 4.71. The molecule has 0 unspecified atom stereocenters. The van der Waals surface area contributed by atoms with Gasteiger partial charge in [0.1, 0.15) is 5.82 Å². The van der Waals surface area contributed by atoms with Gasteiger partial charge in [0.05, 0.1) is 6.54 Å². The number of hydrogen-bond donors (Lipinski definition) is 2. The first-order valence-corrected chi connectivity index (χ1v) is 6.88. The molecular formula is C14H12BrFN2O3. The van der Waals surface area contributed by atoms with Crippen molar-refractivity contribution in [1.29, 1.82) is 0 Å². The summed E-state index contributed by atoms with van der Waals surface area (Å²) in [7, 11) is 0. The predicted octanol–water partition coefficient (Wildman–Crippen LogP) is 2.23. The largest absolute Gasteiger partial charge is 0.444 e. The van der Waals surface area contributed by atoms with Crippen LogP contribution in [0.15, 0.2) is 45.5 Å². The first-order valence-electron chi connectivity index (χ1n) is 6.09. The van der Waals surface area contributed by atoms with Crippen LogP contribution in [-0.4, -0.2) is 18.4 Å². The number of hydrogen-bond acceptors (Lipinski definition) is 3. The van der Waals surface area contributed by atoms with Gasteiger partial charge in [0.2, 0.25) is 5.91 Å². The molecule has 2 aromatic rings. The summed E-state index contributed by atoms with van der Waals surface area (Å²) in [6.07, 6.45) is 0. The van der Waals surface area contributed by atoms with Crippen molar-refractivity contribution in [2.24, 2.45) is 0 Å². The van der Waals surface area contributed by atoms with Gasteiger partial charge in [-0.05, 0) is 45.8 Å². The summed E-state index contributed by atoms with van der Waals surface area (Å²) in [4.78, 5) is 23.2. The Morgan fingerprint density at radius 2 is 2.00 bits per heavy atom. The third-order valence-corrected chi connectivity index (χ3v) is 3.01. The Morgan fingerprint density at radius 3 is 2.67 bits per heavy atom. The Balaban J connectivity index is 1.76. The van der Waals surface area contributed by atoms with E-state index in [1.54, 1.807) is 18.2 Å². The van der Waals surface area contributed by atoms with Crippen molar-refractivity contribution in [3.05, 3.63) is 58.2 Å². The smallest absolute Gasteiger partial charge is 0.287 e. The fraction of sp³-hybridized carbons (Fsp3) is 0.143. The van der Waals surface area contributed by atoms with Crippen LogP contribution in [0.2, 0.25) is 0 Å². The summed E-state index contributed by atoms with van der Waals surface area (Å²) < 4.78 is 18.4. The minimum Gasteiger partial charge on any atom is -0.444 e. The monoisotopic (exact) mass is 354 g/mol. The maximum atomic E-state index is 13.0. The van der Waals surface area contributed by atoms with E-state index in [1.807, 2.05) is 0 Å². The van der Waals surface area contributed by atoms with Crippen LogP contribution in [0, 0.1) is 5.82 Å². The Hall–Kier alpha value is -2.15. The molecule has 5 nitrogen and oxygen atoms in total. The van der Waals surface area contributed by atoms with Crippen molar-refractivity contribution in [3.63, 3.8) is 0 Å². The van der Waals surface area contributed by atoms with E-state index >= 15 is 0 Å². The highest BCUT2D eigenvalue weighted by Gasteiger charge is 2.11. The molecule has 2 N–H and O–H groups in total. The van der Waals surface area contributed by atoms with Crippen LogP contribution in [0.25, 0.3) is 0 Å². The minimum atomic E-state index is -0.485. The summed E-state index contributed by atoms with van der Waals surface area (Å²) in [5, 5.41) is 5.00. The van der Waals surface area contributed by atoms with Crippen molar-refractivity contribution < 1.29 is 18.4 Å². The Kier molecular flexibility index (Phi) is 5.10. The molecule has 0 aliphatic heterocycles. The summed E-state index contributed by atoms with van der Waals surface area (Å²) >= 11 is 3.08. The standard InChI is InChI=1S/C14H12BrFN2O3/c15-12-5-4-11(21-12)14(20)18-8-13(19)17-7-9-2-1-3-10(16)6-9/h1-6H,7-8H2,(H,17,19)(H,18,20). The van der Waals surface area contributed by atoms with Crippen LogP contribution < -0.4 is 10.6 Å². The van der Waals surface area contributed by atoms with Gasteiger partial charge in [-0.1, -0.05) is 12.1 Å². The van der Waals surface area contributed by atoms with E-state index in [0.29, 0.717) is 10.2 Å². The molecule has 2 amide bonds. The van der Waals surface area contributed by atoms with E-state index in [-0.39, 0.29) is 30.6 Å². The molecule has 110 valence electrons. The number of benzene rings is 1. The molecule has 2 rings (SSSR count). The van der Waals surface area contributed by atoms with E-state index in [1.165, 1.54) is 18.2 Å². The average molecular weight is 355 g/mol. The summed E-state index contributed by atoms with van der Waals surface area (Å²) in [5.41, 5.74) is 0.643. The lowest BCUT2D eigenvalue weighted by atomic mass is 10.2. The molecule has 0 fully saturated rings. The van der Waals surface area contributed by atoms with Crippen molar-refractivity contribution in [1.82, 2.24) is 10.6 Å². The topological polar surface area (TPSA) is 71.3 Å². The minimum absolute atomic E-state index is 0.111. The summed E-state index contributed by atoms with van der Waals surface area (Å²) in [5.74, 6) is -1.11. The van der Waals surface area contributed by atoms with Crippen molar-refractivity contribution in [3.8, 4) is 0 Å². The Labute approximate surface area is 128 Å². The van der Waals surface area contributed by atoms with Gasteiger partial charge in [0.15, 0.2) is 10.4 Å². The molecule has 1 aromatic heterocycles. The first-order chi connectivity index (χ1) is 10.0. The number of amides is 2. The van der Waals surface area contributed by atoms with Crippen LogP contribution in [0.5, 0.6) is 0 Å². The Morgan fingerprint density at radius 1 is 1.19 bits per heavy atom. The molecule has 0 saturated carbocycles. The summed E-state index contributed by atoms with van der Waals surface area (Å²) in [6.45, 7) is 0.00519. The average Bonchev–Trinajstić information content (AvgIpc) is 2.89. The van der Waals surface area contributed by atoms with Crippen LogP contribution in [0.3, 0.4) is 0 Å². The summed E-state index contributed by atoms with van der Waals surface area (Å²) in [6, 6.07) is 8.99. The highest BCUT2D eigenvalue weighted by molar-refractivity contribution is 9.10. The molecule has 0 spiro atoms. The zero-order valence-corrected chi connectivity index (χ0v) is 12.4. The quantitative estimate of drug-likeness (QED) is 0.864. The van der Waals surface area contributed by atoms with Gasteiger partial charge in [0.25, 0.3) is 5.91 Å². The lowest BCUT2D eigenvalue weighted by molar-refractivity contribution is -0.120. The van der Waals surface area contributed by atoms with E-state index in [4.69, 9.17) is 4.42 Å². The number of halogens is 2.